The first-order valence-electron chi connectivity index (χ1n) is 9.09. The summed E-state index contributed by atoms with van der Waals surface area (Å²) in [7, 11) is 0. The van der Waals surface area contributed by atoms with Crippen molar-refractivity contribution in [3.63, 3.8) is 0 Å². The highest BCUT2D eigenvalue weighted by Gasteiger charge is 2.92. The SMILES string of the molecule is CCCCCO.FC(F)(F)C(F)(F)C(F)(F)C(F)(F)C(F)(F)OC(F)(F)C(F)(F)C(F)(F)C(F)(F)C(F)(F)F. The van der Waals surface area contributed by atoms with E-state index in [2.05, 4.69) is 6.92 Å². The van der Waals surface area contributed by atoms with Gasteiger partial charge in [0.2, 0.25) is 0 Å². The molecule has 0 atom stereocenters. The second-order valence-electron chi connectivity index (χ2n) is 7.01. The fraction of sp³-hybridized carbons (Fsp3) is 1.00. The maximum absolute atomic E-state index is 12.9. The standard InChI is InChI=1S/C10F22O.C5H12O/c11-1(12,3(15,16)7(23,24)25)5(19,20)9(29,30)33-10(31,32)6(21,22)2(13,14)4(17,18)8(26,27)28;1-2-3-4-5-6/h;6H,2-5H2,1H3. The molecule has 0 aliphatic carbocycles. The molecule has 0 saturated carbocycles. The topological polar surface area (TPSA) is 29.5 Å². The fourth-order valence-corrected chi connectivity index (χ4v) is 1.77. The Kier molecular flexibility index (Phi) is 11.5. The lowest BCUT2D eigenvalue weighted by molar-refractivity contribution is -0.526. The summed E-state index contributed by atoms with van der Waals surface area (Å²) < 4.78 is 276. The van der Waals surface area contributed by atoms with Crippen molar-refractivity contribution in [2.24, 2.45) is 0 Å². The molecule has 0 heterocycles. The second-order valence-corrected chi connectivity index (χ2v) is 7.01. The van der Waals surface area contributed by atoms with Gasteiger partial charge >= 0.3 is 60.1 Å². The minimum atomic E-state index is -8.68. The third kappa shape index (κ3) is 6.82. The van der Waals surface area contributed by atoms with E-state index in [1.807, 2.05) is 0 Å². The Morgan fingerprint density at radius 3 is 0.821 bits per heavy atom. The molecule has 0 rings (SSSR count). The van der Waals surface area contributed by atoms with E-state index in [4.69, 9.17) is 5.11 Å². The van der Waals surface area contributed by atoms with E-state index < -0.39 is 60.1 Å². The monoisotopic (exact) mass is 642 g/mol. The van der Waals surface area contributed by atoms with E-state index in [9.17, 15) is 96.6 Å². The van der Waals surface area contributed by atoms with Gasteiger partial charge in [0.15, 0.2) is 0 Å². The molecule has 0 aromatic heterocycles. The highest BCUT2D eigenvalue weighted by molar-refractivity contribution is 5.07. The van der Waals surface area contributed by atoms with E-state index >= 15 is 0 Å². The van der Waals surface area contributed by atoms with Crippen LogP contribution in [0.25, 0.3) is 0 Å². The first kappa shape index (κ1) is 39.5. The maximum atomic E-state index is 12.9. The Morgan fingerprint density at radius 2 is 0.667 bits per heavy atom. The van der Waals surface area contributed by atoms with Crippen LogP contribution in [0.4, 0.5) is 96.6 Å². The van der Waals surface area contributed by atoms with Gasteiger partial charge in [0.05, 0.1) is 0 Å². The van der Waals surface area contributed by atoms with Crippen molar-refractivity contribution in [3.05, 3.63) is 0 Å². The molecule has 0 unspecified atom stereocenters. The van der Waals surface area contributed by atoms with Crippen LogP contribution in [0, 0.1) is 0 Å². The first-order chi connectivity index (χ1) is 16.6. The molecule has 238 valence electrons. The largest absolute Gasteiger partial charge is 0.460 e. The van der Waals surface area contributed by atoms with Gasteiger partial charge < -0.3 is 5.11 Å². The van der Waals surface area contributed by atoms with E-state index in [0.717, 1.165) is 17.6 Å². The molecule has 0 aromatic carbocycles. The Bertz CT molecular complexity index is 715. The summed E-state index contributed by atoms with van der Waals surface area (Å²) in [6.45, 7) is 2.48. The van der Waals surface area contributed by atoms with Gasteiger partial charge in [0.1, 0.15) is 0 Å². The number of ether oxygens (including phenoxy) is 1. The van der Waals surface area contributed by atoms with Crippen LogP contribution in [0.1, 0.15) is 26.2 Å². The van der Waals surface area contributed by atoms with Crippen LogP contribution in [-0.4, -0.2) is 71.8 Å². The molecule has 2 nitrogen and oxygen atoms in total. The van der Waals surface area contributed by atoms with Crippen LogP contribution >= 0.6 is 0 Å². The zero-order valence-corrected chi connectivity index (χ0v) is 18.0. The lowest BCUT2D eigenvalue weighted by atomic mass is 10.0. The molecule has 39 heavy (non-hydrogen) atoms. The van der Waals surface area contributed by atoms with Crippen molar-refractivity contribution in [1.29, 1.82) is 0 Å². The van der Waals surface area contributed by atoms with Gasteiger partial charge in [0.25, 0.3) is 0 Å². The number of aliphatic hydroxyl groups excluding tert-OH is 1. The highest BCUT2D eigenvalue weighted by atomic mass is 19.4. The van der Waals surface area contributed by atoms with Gasteiger partial charge in [-0.3, -0.25) is 0 Å². The predicted molar refractivity (Wildman–Crippen MR) is 79.4 cm³/mol. The summed E-state index contributed by atoms with van der Waals surface area (Å²) in [5.41, 5.74) is 0. The molecule has 0 radical (unpaired) electrons. The minimum Gasteiger partial charge on any atom is -0.396 e. The number of alkyl halides is 22. The van der Waals surface area contributed by atoms with E-state index in [0.29, 0.717) is 6.61 Å². The normalized spacial score (nSPS) is 15.7. The molecule has 0 aromatic rings. The summed E-state index contributed by atoms with van der Waals surface area (Å²) in [5.74, 6) is -51.2. The number of rotatable bonds is 11. The van der Waals surface area contributed by atoms with Crippen molar-refractivity contribution in [2.45, 2.75) is 86.3 Å². The van der Waals surface area contributed by atoms with Gasteiger partial charge in [-0.05, 0) is 6.42 Å². The smallest absolute Gasteiger partial charge is 0.396 e. The van der Waals surface area contributed by atoms with E-state index in [1.165, 1.54) is 6.42 Å². The molecule has 0 spiro atoms. The van der Waals surface area contributed by atoms with Gasteiger partial charge in [-0.15, -0.1) is 0 Å². The summed E-state index contributed by atoms with van der Waals surface area (Å²) in [5, 5.41) is 8.20. The minimum absolute atomic E-state index is 0.355. The molecular weight excluding hydrogens is 630 g/mol. The molecule has 1 N–H and O–H groups in total. The Labute approximate surface area is 200 Å². The van der Waals surface area contributed by atoms with Crippen LogP contribution in [-0.2, 0) is 4.74 Å². The van der Waals surface area contributed by atoms with Gasteiger partial charge in [-0.25, -0.2) is 4.74 Å². The quantitative estimate of drug-likeness (QED) is 0.182. The van der Waals surface area contributed by atoms with Crippen molar-refractivity contribution in [2.75, 3.05) is 6.61 Å². The predicted octanol–water partition coefficient (Wildman–Crippen LogP) is 8.29. The van der Waals surface area contributed by atoms with E-state index in [-0.39, 0.29) is 0 Å². The van der Waals surface area contributed by atoms with Gasteiger partial charge in [-0.2, -0.15) is 96.6 Å². The number of hydrogen-bond donors (Lipinski definition) is 1. The summed E-state index contributed by atoms with van der Waals surface area (Å²) in [6.07, 6.45) is -29.4. The lowest BCUT2D eigenvalue weighted by Gasteiger charge is -2.40. The molecule has 0 bridgehead atoms. The maximum Gasteiger partial charge on any atom is 0.460 e. The molecule has 0 aliphatic rings. The van der Waals surface area contributed by atoms with Crippen molar-refractivity contribution >= 4 is 0 Å². The molecule has 0 fully saturated rings. The molecular formula is C15H12F22O2. The fourth-order valence-electron chi connectivity index (χ4n) is 1.77. The van der Waals surface area contributed by atoms with Crippen molar-refractivity contribution in [1.82, 2.24) is 0 Å². The molecule has 0 amide bonds. The van der Waals surface area contributed by atoms with E-state index in [1.54, 1.807) is 0 Å². The average Bonchev–Trinajstić information content (AvgIpc) is 2.69. The zero-order chi connectivity index (χ0) is 32.5. The van der Waals surface area contributed by atoms with Crippen LogP contribution in [0.3, 0.4) is 0 Å². The molecule has 24 heteroatoms. The molecule has 0 aliphatic heterocycles. The Balaban J connectivity index is 0. The van der Waals surface area contributed by atoms with Crippen LogP contribution in [0.15, 0.2) is 0 Å². The summed E-state index contributed by atoms with van der Waals surface area (Å²) in [6, 6.07) is 0. The lowest BCUT2D eigenvalue weighted by Crippen LogP contribution is -2.71. The van der Waals surface area contributed by atoms with Crippen LogP contribution < -0.4 is 0 Å². The highest BCUT2D eigenvalue weighted by Crippen LogP contribution is 2.61. The van der Waals surface area contributed by atoms with Gasteiger partial charge in [0, 0.05) is 6.61 Å². The van der Waals surface area contributed by atoms with Crippen LogP contribution in [0.2, 0.25) is 0 Å². The number of hydrogen-bond acceptors (Lipinski definition) is 2. The number of aliphatic hydroxyl groups is 1. The van der Waals surface area contributed by atoms with Gasteiger partial charge in [-0.1, -0.05) is 19.8 Å². The Morgan fingerprint density at radius 1 is 0.410 bits per heavy atom. The second kappa shape index (κ2) is 11.3. The average molecular weight is 642 g/mol. The first-order valence-corrected chi connectivity index (χ1v) is 9.09. The zero-order valence-electron chi connectivity index (χ0n) is 18.0. The van der Waals surface area contributed by atoms with Crippen molar-refractivity contribution in [3.8, 4) is 0 Å². The summed E-state index contributed by atoms with van der Waals surface area (Å²) in [4.78, 5) is 0. The third-order valence-corrected chi connectivity index (χ3v) is 4.04. The number of unbranched alkanes of at least 4 members (excludes halogenated alkanes) is 2. The Hall–Kier alpha value is -1.62. The summed E-state index contributed by atoms with van der Waals surface area (Å²) >= 11 is 0. The molecule has 0 saturated heterocycles. The number of halogens is 22. The van der Waals surface area contributed by atoms with Crippen LogP contribution in [0.5, 0.6) is 0 Å². The van der Waals surface area contributed by atoms with Crippen molar-refractivity contribution < 1.29 is 106 Å². The third-order valence-electron chi connectivity index (χ3n) is 4.04.